The zero-order valence-electron chi connectivity index (χ0n) is 11.7. The quantitative estimate of drug-likeness (QED) is 0.800. The van der Waals surface area contributed by atoms with Gasteiger partial charge >= 0.3 is 0 Å². The molecular formula is C12H17ClN4O2S2. The lowest BCUT2D eigenvalue weighted by Gasteiger charge is -2.11. The lowest BCUT2D eigenvalue weighted by atomic mass is 10.3. The first-order valence-electron chi connectivity index (χ1n) is 6.37. The summed E-state index contributed by atoms with van der Waals surface area (Å²) in [6, 6.07) is 3.23. The van der Waals surface area contributed by atoms with Gasteiger partial charge in [0.05, 0.1) is 23.1 Å². The van der Waals surface area contributed by atoms with E-state index in [4.69, 9.17) is 11.6 Å². The summed E-state index contributed by atoms with van der Waals surface area (Å²) >= 11 is 7.22. The molecular weight excluding hydrogens is 332 g/mol. The van der Waals surface area contributed by atoms with Gasteiger partial charge in [0.2, 0.25) is 10.0 Å². The van der Waals surface area contributed by atoms with E-state index in [2.05, 4.69) is 15.1 Å². The van der Waals surface area contributed by atoms with Gasteiger partial charge < -0.3 is 5.32 Å². The number of hydrogen-bond acceptors (Lipinski definition) is 5. The second kappa shape index (κ2) is 6.89. The molecule has 1 unspecified atom stereocenters. The first-order valence-corrected chi connectivity index (χ1v) is 9.05. The van der Waals surface area contributed by atoms with Crippen molar-refractivity contribution >= 4 is 33.0 Å². The maximum absolute atomic E-state index is 12.3. The Kier molecular flexibility index (Phi) is 5.39. The molecule has 0 saturated carbocycles. The van der Waals surface area contributed by atoms with Crippen molar-refractivity contribution in [3.8, 4) is 0 Å². The summed E-state index contributed by atoms with van der Waals surface area (Å²) in [4.78, 5) is 1.03. The molecule has 6 nitrogen and oxygen atoms in total. The first kappa shape index (κ1) is 16.4. The maximum Gasteiger partial charge on any atom is 0.244 e. The van der Waals surface area contributed by atoms with Gasteiger partial charge in [-0.2, -0.15) is 5.10 Å². The number of thiophene rings is 1. The van der Waals surface area contributed by atoms with Crippen LogP contribution in [-0.4, -0.2) is 31.8 Å². The third kappa shape index (κ3) is 4.27. The molecule has 0 fully saturated rings. The highest BCUT2D eigenvalue weighted by molar-refractivity contribution is 7.89. The standard InChI is InChI=1S/C12H17ClN4O2S2/c1-9(11-3-4-12(13)20-11)16-21(18,19)10-7-15-17(8-10)6-5-14-2/h3-4,7-9,14,16H,5-6H2,1-2H3. The van der Waals surface area contributed by atoms with Crippen LogP contribution in [0.25, 0.3) is 0 Å². The predicted molar refractivity (Wildman–Crippen MR) is 84.2 cm³/mol. The van der Waals surface area contributed by atoms with Gasteiger partial charge in [-0.3, -0.25) is 4.68 Å². The van der Waals surface area contributed by atoms with E-state index in [-0.39, 0.29) is 10.9 Å². The summed E-state index contributed by atoms with van der Waals surface area (Å²) in [7, 11) is -1.76. The summed E-state index contributed by atoms with van der Waals surface area (Å²) < 4.78 is 29.5. The zero-order chi connectivity index (χ0) is 15.5. The molecule has 2 heterocycles. The molecule has 0 amide bonds. The van der Waals surface area contributed by atoms with E-state index in [9.17, 15) is 8.42 Å². The van der Waals surface area contributed by atoms with Crippen LogP contribution in [-0.2, 0) is 16.6 Å². The van der Waals surface area contributed by atoms with Gasteiger partial charge in [0, 0.05) is 17.6 Å². The van der Waals surface area contributed by atoms with E-state index in [1.807, 2.05) is 13.1 Å². The van der Waals surface area contributed by atoms with Crippen molar-refractivity contribution in [1.29, 1.82) is 0 Å². The van der Waals surface area contributed by atoms with Crippen molar-refractivity contribution in [1.82, 2.24) is 19.8 Å². The third-order valence-electron chi connectivity index (χ3n) is 2.86. The van der Waals surface area contributed by atoms with Crippen molar-refractivity contribution in [3.05, 3.63) is 33.7 Å². The number of sulfonamides is 1. The van der Waals surface area contributed by atoms with E-state index >= 15 is 0 Å². The number of nitrogens with one attached hydrogen (secondary N) is 2. The molecule has 0 aliphatic rings. The fourth-order valence-electron chi connectivity index (χ4n) is 1.75. The monoisotopic (exact) mass is 348 g/mol. The molecule has 9 heteroatoms. The second-order valence-electron chi connectivity index (χ2n) is 4.53. The van der Waals surface area contributed by atoms with Crippen molar-refractivity contribution in [2.45, 2.75) is 24.4 Å². The molecule has 2 rings (SSSR count). The lowest BCUT2D eigenvalue weighted by Crippen LogP contribution is -2.26. The zero-order valence-corrected chi connectivity index (χ0v) is 14.1. The van der Waals surface area contributed by atoms with E-state index in [1.54, 1.807) is 17.7 Å². The van der Waals surface area contributed by atoms with E-state index in [1.165, 1.54) is 23.7 Å². The Morgan fingerprint density at radius 2 is 2.24 bits per heavy atom. The Labute approximate surface area is 133 Å². The van der Waals surface area contributed by atoms with Gasteiger partial charge in [0.1, 0.15) is 4.90 Å². The van der Waals surface area contributed by atoms with Crippen LogP contribution in [0, 0.1) is 0 Å². The van der Waals surface area contributed by atoms with Gasteiger partial charge in [-0.1, -0.05) is 11.6 Å². The van der Waals surface area contributed by atoms with Crippen LogP contribution in [0.3, 0.4) is 0 Å². The summed E-state index contributed by atoms with van der Waals surface area (Å²) in [5, 5.41) is 7.03. The number of halogens is 1. The average Bonchev–Trinajstić information content (AvgIpc) is 3.05. The van der Waals surface area contributed by atoms with Gasteiger partial charge in [0.15, 0.2) is 0 Å². The highest BCUT2D eigenvalue weighted by Crippen LogP contribution is 2.27. The van der Waals surface area contributed by atoms with Crippen LogP contribution in [0.5, 0.6) is 0 Å². The van der Waals surface area contributed by atoms with E-state index in [0.717, 1.165) is 11.4 Å². The molecule has 0 radical (unpaired) electrons. The third-order valence-corrected chi connectivity index (χ3v) is 5.77. The van der Waals surface area contributed by atoms with Crippen molar-refractivity contribution in [2.24, 2.45) is 0 Å². The second-order valence-corrected chi connectivity index (χ2v) is 7.99. The van der Waals surface area contributed by atoms with Crippen LogP contribution in [0.1, 0.15) is 17.8 Å². The molecule has 116 valence electrons. The molecule has 21 heavy (non-hydrogen) atoms. The molecule has 0 aromatic carbocycles. The molecule has 0 spiro atoms. The summed E-state index contributed by atoms with van der Waals surface area (Å²) in [6.45, 7) is 3.12. The average molecular weight is 349 g/mol. The number of rotatable bonds is 7. The Balaban J connectivity index is 2.09. The molecule has 0 bridgehead atoms. The Morgan fingerprint density at radius 3 is 2.86 bits per heavy atom. The molecule has 1 atom stereocenters. The number of likely N-dealkylation sites (N-methyl/N-ethyl adjacent to an activating group) is 1. The van der Waals surface area contributed by atoms with E-state index < -0.39 is 10.0 Å². The lowest BCUT2D eigenvalue weighted by molar-refractivity contribution is 0.566. The van der Waals surface area contributed by atoms with Crippen LogP contribution < -0.4 is 10.0 Å². The van der Waals surface area contributed by atoms with Crippen LogP contribution in [0.2, 0.25) is 4.34 Å². The molecule has 0 aliphatic carbocycles. The summed E-state index contributed by atoms with van der Waals surface area (Å²) in [5.41, 5.74) is 0. The van der Waals surface area contributed by atoms with Crippen molar-refractivity contribution in [2.75, 3.05) is 13.6 Å². The smallest absolute Gasteiger partial charge is 0.244 e. The van der Waals surface area contributed by atoms with Crippen LogP contribution >= 0.6 is 22.9 Å². The molecule has 2 N–H and O–H groups in total. The minimum atomic E-state index is -3.59. The van der Waals surface area contributed by atoms with E-state index in [0.29, 0.717) is 10.9 Å². The topological polar surface area (TPSA) is 76.0 Å². The summed E-state index contributed by atoms with van der Waals surface area (Å²) in [6.07, 6.45) is 2.87. The normalized spacial score (nSPS) is 13.5. The Bertz CT molecular complexity index is 696. The molecule has 0 aliphatic heterocycles. The fourth-order valence-corrected chi connectivity index (χ4v) is 4.06. The number of hydrogen-bond donors (Lipinski definition) is 2. The SMILES string of the molecule is CNCCn1cc(S(=O)(=O)NC(C)c2ccc(Cl)s2)cn1. The fraction of sp³-hybridized carbons (Fsp3) is 0.417. The first-order chi connectivity index (χ1) is 9.92. The Morgan fingerprint density at radius 1 is 1.48 bits per heavy atom. The van der Waals surface area contributed by atoms with Crippen LogP contribution in [0.4, 0.5) is 0 Å². The van der Waals surface area contributed by atoms with Gasteiger partial charge in [-0.25, -0.2) is 13.1 Å². The predicted octanol–water partition coefficient (Wildman–Crippen LogP) is 1.86. The molecule has 2 aromatic heterocycles. The minimum absolute atomic E-state index is 0.160. The van der Waals surface area contributed by atoms with Crippen molar-refractivity contribution in [3.63, 3.8) is 0 Å². The van der Waals surface area contributed by atoms with Gasteiger partial charge in [0.25, 0.3) is 0 Å². The Hall–Kier alpha value is -0.930. The highest BCUT2D eigenvalue weighted by Gasteiger charge is 2.21. The molecule has 2 aromatic rings. The summed E-state index contributed by atoms with van der Waals surface area (Å²) in [5.74, 6) is 0. The highest BCUT2D eigenvalue weighted by atomic mass is 35.5. The van der Waals surface area contributed by atoms with Gasteiger partial charge in [-0.05, 0) is 26.1 Å². The van der Waals surface area contributed by atoms with Crippen LogP contribution in [0.15, 0.2) is 29.4 Å². The largest absolute Gasteiger partial charge is 0.318 e. The van der Waals surface area contributed by atoms with Crippen molar-refractivity contribution < 1.29 is 8.42 Å². The molecule has 0 saturated heterocycles. The number of aromatic nitrogens is 2. The number of nitrogens with zero attached hydrogens (tertiary/aromatic N) is 2. The van der Waals surface area contributed by atoms with Gasteiger partial charge in [-0.15, -0.1) is 11.3 Å². The maximum atomic E-state index is 12.3. The minimum Gasteiger partial charge on any atom is -0.318 e.